The van der Waals surface area contributed by atoms with Crippen LogP contribution in [0.15, 0.2) is 16.7 Å². The Morgan fingerprint density at radius 2 is 2.26 bits per heavy atom. The second kappa shape index (κ2) is 5.92. The number of hydrogen-bond acceptors (Lipinski definition) is 5. The molecule has 1 spiro atoms. The maximum atomic E-state index is 12.5. The van der Waals surface area contributed by atoms with E-state index in [1.54, 1.807) is 11.0 Å². The molecule has 0 aromatic carbocycles. The zero-order valence-corrected chi connectivity index (χ0v) is 14.2. The van der Waals surface area contributed by atoms with Gasteiger partial charge < -0.3 is 14.1 Å². The third-order valence-corrected chi connectivity index (χ3v) is 5.30. The molecule has 0 saturated carbocycles. The molecule has 0 radical (unpaired) electrons. The van der Waals surface area contributed by atoms with Crippen molar-refractivity contribution in [3.05, 3.63) is 23.7 Å². The van der Waals surface area contributed by atoms with Crippen molar-refractivity contribution >= 4 is 15.9 Å². The third-order valence-electron chi connectivity index (χ3n) is 4.53. The molecule has 1 aromatic heterocycles. The van der Waals surface area contributed by atoms with Crippen LogP contribution in [0.25, 0.3) is 0 Å². The van der Waals surface area contributed by atoms with Gasteiger partial charge in [0, 0.05) is 24.8 Å². The lowest BCUT2D eigenvalue weighted by Gasteiger charge is -2.38. The molecular formula is C15H22N2O5S. The van der Waals surface area contributed by atoms with Gasteiger partial charge in [0.25, 0.3) is 5.91 Å². The van der Waals surface area contributed by atoms with E-state index in [1.165, 1.54) is 12.5 Å². The van der Waals surface area contributed by atoms with Gasteiger partial charge in [0.1, 0.15) is 0 Å². The first-order valence-corrected chi connectivity index (χ1v) is 9.62. The molecule has 2 aliphatic heterocycles. The number of nitrogens with one attached hydrogen (secondary N) is 1. The van der Waals surface area contributed by atoms with Crippen LogP contribution in [-0.4, -0.2) is 56.8 Å². The second-order valence-electron chi connectivity index (χ2n) is 6.52. The number of likely N-dealkylation sites (tertiary alicyclic amines) is 1. The van der Waals surface area contributed by atoms with Crippen LogP contribution < -0.4 is 4.72 Å². The standard InChI is InChI=1S/C15H22N2O5S/c1-11-3-7-21-13(11)14(18)17-6-5-15(10-17)9-12(4-8-22-15)16-23(2,19)20/h3,7,12,16H,4-6,8-10H2,1-2H3/t12-,15-/m1/s1. The monoisotopic (exact) mass is 342 g/mol. The molecule has 128 valence electrons. The molecule has 2 saturated heterocycles. The van der Waals surface area contributed by atoms with E-state index in [4.69, 9.17) is 9.15 Å². The fourth-order valence-corrected chi connectivity index (χ4v) is 4.28. The van der Waals surface area contributed by atoms with Crippen LogP contribution in [0.2, 0.25) is 0 Å². The third kappa shape index (κ3) is 3.59. The Morgan fingerprint density at radius 1 is 1.48 bits per heavy atom. The highest BCUT2D eigenvalue weighted by Crippen LogP contribution is 2.35. The molecule has 2 atom stereocenters. The van der Waals surface area contributed by atoms with E-state index in [0.29, 0.717) is 44.7 Å². The molecule has 23 heavy (non-hydrogen) atoms. The van der Waals surface area contributed by atoms with Gasteiger partial charge in [0.05, 0.1) is 24.7 Å². The van der Waals surface area contributed by atoms with Gasteiger partial charge in [-0.1, -0.05) is 0 Å². The van der Waals surface area contributed by atoms with Crippen LogP contribution >= 0.6 is 0 Å². The van der Waals surface area contributed by atoms with Crippen molar-refractivity contribution in [2.45, 2.75) is 37.8 Å². The summed E-state index contributed by atoms with van der Waals surface area (Å²) >= 11 is 0. The van der Waals surface area contributed by atoms with E-state index in [1.807, 2.05) is 6.92 Å². The molecule has 2 aliphatic rings. The van der Waals surface area contributed by atoms with Crippen molar-refractivity contribution in [2.24, 2.45) is 0 Å². The molecule has 2 fully saturated rings. The molecule has 1 N–H and O–H groups in total. The molecule has 1 amide bonds. The minimum Gasteiger partial charge on any atom is -0.459 e. The second-order valence-corrected chi connectivity index (χ2v) is 8.30. The minimum atomic E-state index is -3.24. The number of aryl methyl sites for hydroxylation is 1. The van der Waals surface area contributed by atoms with Crippen LogP contribution in [0.1, 0.15) is 35.4 Å². The Labute approximate surface area is 136 Å². The molecule has 3 rings (SSSR count). The summed E-state index contributed by atoms with van der Waals surface area (Å²) in [6.45, 7) is 3.39. The number of rotatable bonds is 3. The predicted octanol–water partition coefficient (Wildman–Crippen LogP) is 0.901. The first kappa shape index (κ1) is 16.5. The lowest BCUT2D eigenvalue weighted by atomic mass is 9.90. The van der Waals surface area contributed by atoms with Gasteiger partial charge in [-0.25, -0.2) is 13.1 Å². The van der Waals surface area contributed by atoms with Gasteiger partial charge in [0.2, 0.25) is 10.0 Å². The number of carbonyl (C=O) groups excluding carboxylic acids is 1. The molecule has 1 aromatic rings. The smallest absolute Gasteiger partial charge is 0.289 e. The summed E-state index contributed by atoms with van der Waals surface area (Å²) in [5.41, 5.74) is 0.355. The van der Waals surface area contributed by atoms with Crippen LogP contribution in [-0.2, 0) is 14.8 Å². The van der Waals surface area contributed by atoms with Crippen molar-refractivity contribution in [2.75, 3.05) is 26.0 Å². The van der Waals surface area contributed by atoms with Crippen LogP contribution in [0.5, 0.6) is 0 Å². The summed E-state index contributed by atoms with van der Waals surface area (Å²) in [6.07, 6.45) is 4.62. The van der Waals surface area contributed by atoms with Gasteiger partial charge >= 0.3 is 0 Å². The summed E-state index contributed by atoms with van der Waals surface area (Å²) < 4.78 is 36.8. The fraction of sp³-hybridized carbons (Fsp3) is 0.667. The van der Waals surface area contributed by atoms with E-state index < -0.39 is 15.6 Å². The van der Waals surface area contributed by atoms with E-state index >= 15 is 0 Å². The predicted molar refractivity (Wildman–Crippen MR) is 83.7 cm³/mol. The van der Waals surface area contributed by atoms with Crippen LogP contribution in [0.3, 0.4) is 0 Å². The lowest BCUT2D eigenvalue weighted by Crippen LogP contribution is -2.50. The van der Waals surface area contributed by atoms with Gasteiger partial charge in [-0.15, -0.1) is 0 Å². The van der Waals surface area contributed by atoms with E-state index in [-0.39, 0.29) is 11.9 Å². The molecule has 0 unspecified atom stereocenters. The largest absolute Gasteiger partial charge is 0.459 e. The Balaban J connectivity index is 1.68. The quantitative estimate of drug-likeness (QED) is 0.882. The summed E-state index contributed by atoms with van der Waals surface area (Å²) in [7, 11) is -3.24. The first-order valence-electron chi connectivity index (χ1n) is 7.73. The molecule has 7 nitrogen and oxygen atoms in total. The normalized spacial score (nSPS) is 28.4. The molecule has 3 heterocycles. The summed E-state index contributed by atoms with van der Waals surface area (Å²) in [5, 5.41) is 0. The van der Waals surface area contributed by atoms with Gasteiger partial charge in [-0.3, -0.25) is 4.79 Å². The number of nitrogens with zero attached hydrogens (tertiary/aromatic N) is 1. The average Bonchev–Trinajstić information content (AvgIpc) is 3.03. The number of sulfonamides is 1. The molecule has 8 heteroatoms. The topological polar surface area (TPSA) is 88.9 Å². The molecule has 0 bridgehead atoms. The summed E-state index contributed by atoms with van der Waals surface area (Å²) in [6, 6.07) is 1.63. The average molecular weight is 342 g/mol. The summed E-state index contributed by atoms with van der Waals surface area (Å²) in [4.78, 5) is 14.3. The van der Waals surface area contributed by atoms with Crippen molar-refractivity contribution < 1.29 is 22.4 Å². The number of hydrogen-bond donors (Lipinski definition) is 1. The van der Waals surface area contributed by atoms with Gasteiger partial charge in [0.15, 0.2) is 5.76 Å². The number of amides is 1. The fourth-order valence-electron chi connectivity index (χ4n) is 3.47. The highest BCUT2D eigenvalue weighted by Gasteiger charge is 2.45. The van der Waals surface area contributed by atoms with E-state index in [9.17, 15) is 13.2 Å². The zero-order chi connectivity index (χ0) is 16.7. The Bertz CT molecular complexity index is 698. The van der Waals surface area contributed by atoms with Crippen molar-refractivity contribution in [3.8, 4) is 0 Å². The van der Waals surface area contributed by atoms with Crippen molar-refractivity contribution in [1.29, 1.82) is 0 Å². The maximum Gasteiger partial charge on any atom is 0.289 e. The highest BCUT2D eigenvalue weighted by molar-refractivity contribution is 7.88. The number of carbonyl (C=O) groups is 1. The van der Waals surface area contributed by atoms with Crippen LogP contribution in [0, 0.1) is 6.92 Å². The lowest BCUT2D eigenvalue weighted by molar-refractivity contribution is -0.0763. The Kier molecular flexibility index (Phi) is 4.24. The highest BCUT2D eigenvalue weighted by atomic mass is 32.2. The van der Waals surface area contributed by atoms with Crippen molar-refractivity contribution in [3.63, 3.8) is 0 Å². The molecule has 0 aliphatic carbocycles. The van der Waals surface area contributed by atoms with Crippen LogP contribution in [0.4, 0.5) is 0 Å². The Hall–Kier alpha value is -1.38. The van der Waals surface area contributed by atoms with Gasteiger partial charge in [-0.2, -0.15) is 0 Å². The maximum absolute atomic E-state index is 12.5. The summed E-state index contributed by atoms with van der Waals surface area (Å²) in [5.74, 6) is 0.231. The molecular weight excluding hydrogens is 320 g/mol. The number of furan rings is 1. The Morgan fingerprint density at radius 3 is 2.91 bits per heavy atom. The zero-order valence-electron chi connectivity index (χ0n) is 13.4. The first-order chi connectivity index (χ1) is 10.8. The van der Waals surface area contributed by atoms with Crippen molar-refractivity contribution in [1.82, 2.24) is 9.62 Å². The van der Waals surface area contributed by atoms with Gasteiger partial charge in [-0.05, 0) is 32.3 Å². The SMILES string of the molecule is Cc1ccoc1C(=O)N1CC[C@@]2(C[C@H](NS(C)(=O)=O)CCO2)C1. The van der Waals surface area contributed by atoms with E-state index in [2.05, 4.69) is 4.72 Å². The minimum absolute atomic E-state index is 0.133. The number of ether oxygens (including phenoxy) is 1. The van der Waals surface area contributed by atoms with E-state index in [0.717, 1.165) is 5.56 Å².